The van der Waals surface area contributed by atoms with E-state index in [1.807, 2.05) is 12.1 Å². The van der Waals surface area contributed by atoms with Gasteiger partial charge in [-0.15, -0.1) is 0 Å². The van der Waals surface area contributed by atoms with E-state index in [9.17, 15) is 0 Å². The van der Waals surface area contributed by atoms with Gasteiger partial charge in [0.2, 0.25) is 0 Å². The van der Waals surface area contributed by atoms with Gasteiger partial charge in [0.1, 0.15) is 5.76 Å². The minimum Gasteiger partial charge on any atom is -0.468 e. The lowest BCUT2D eigenvalue weighted by atomic mass is 9.88. The third kappa shape index (κ3) is 3.86. The Hall–Kier alpha value is -0.800. The number of hydrogen-bond acceptors (Lipinski definition) is 3. The third-order valence-corrected chi connectivity index (χ3v) is 3.36. The predicted molar refractivity (Wildman–Crippen MR) is 71.7 cm³/mol. The van der Waals surface area contributed by atoms with Gasteiger partial charge in [-0.2, -0.15) is 0 Å². The Morgan fingerprint density at radius 3 is 2.59 bits per heavy atom. The highest BCUT2D eigenvalue weighted by molar-refractivity contribution is 5.00. The van der Waals surface area contributed by atoms with Gasteiger partial charge in [-0.25, -0.2) is 0 Å². The molecule has 0 radical (unpaired) electrons. The largest absolute Gasteiger partial charge is 0.468 e. The van der Waals surface area contributed by atoms with E-state index >= 15 is 0 Å². The second kappa shape index (κ2) is 6.22. The molecular formula is C14H26N2O. The van der Waals surface area contributed by atoms with E-state index in [0.717, 1.165) is 25.3 Å². The molecule has 1 rings (SSSR count). The molecule has 0 saturated carbocycles. The maximum absolute atomic E-state index is 5.99. The molecule has 1 unspecified atom stereocenters. The molecule has 0 aliphatic carbocycles. The Bertz CT molecular complexity index is 308. The Balaban J connectivity index is 2.75. The first-order valence-corrected chi connectivity index (χ1v) is 6.49. The molecule has 0 aliphatic rings. The van der Waals surface area contributed by atoms with Gasteiger partial charge >= 0.3 is 0 Å². The lowest BCUT2D eigenvalue weighted by molar-refractivity contribution is 0.0796. The molecule has 1 aromatic heterocycles. The molecule has 0 aliphatic heterocycles. The summed E-state index contributed by atoms with van der Waals surface area (Å²) < 4.78 is 5.43. The molecule has 0 fully saturated rings. The van der Waals surface area contributed by atoms with Crippen molar-refractivity contribution in [1.82, 2.24) is 4.90 Å². The van der Waals surface area contributed by atoms with Crippen molar-refractivity contribution in [3.8, 4) is 0 Å². The van der Waals surface area contributed by atoms with E-state index in [1.54, 1.807) is 6.26 Å². The van der Waals surface area contributed by atoms with Gasteiger partial charge in [-0.1, -0.05) is 20.8 Å². The van der Waals surface area contributed by atoms with Gasteiger partial charge in [0.05, 0.1) is 12.8 Å². The van der Waals surface area contributed by atoms with Crippen molar-refractivity contribution in [1.29, 1.82) is 0 Å². The lowest BCUT2D eigenvalue weighted by Gasteiger charge is -2.41. The van der Waals surface area contributed by atoms with Crippen LogP contribution in [0, 0.1) is 5.92 Å². The average Bonchev–Trinajstić information content (AvgIpc) is 2.77. The number of nitrogens with two attached hydrogens (primary N) is 1. The quantitative estimate of drug-likeness (QED) is 0.794. The zero-order valence-corrected chi connectivity index (χ0v) is 11.6. The number of rotatable bonds is 7. The number of hydrogen-bond donors (Lipinski definition) is 1. The number of furan rings is 1. The number of likely N-dealkylation sites (N-methyl/N-ethyl adjacent to an activating group) is 1. The molecule has 3 nitrogen and oxygen atoms in total. The van der Waals surface area contributed by atoms with Crippen LogP contribution >= 0.6 is 0 Å². The highest BCUT2D eigenvalue weighted by Crippen LogP contribution is 2.24. The van der Waals surface area contributed by atoms with Crippen LogP contribution in [-0.2, 0) is 6.54 Å². The molecule has 98 valence electrons. The van der Waals surface area contributed by atoms with E-state index in [0.29, 0.717) is 12.5 Å². The Morgan fingerprint density at radius 1 is 1.47 bits per heavy atom. The van der Waals surface area contributed by atoms with E-state index < -0.39 is 0 Å². The summed E-state index contributed by atoms with van der Waals surface area (Å²) in [7, 11) is 0. The maximum atomic E-state index is 5.99. The SMILES string of the molecule is CCN(Cc1ccco1)C(C)(CN)CC(C)C. The van der Waals surface area contributed by atoms with Gasteiger partial charge in [-0.3, -0.25) is 4.90 Å². The summed E-state index contributed by atoms with van der Waals surface area (Å²) in [4.78, 5) is 2.41. The first kappa shape index (κ1) is 14.3. The van der Waals surface area contributed by atoms with Gasteiger partial charge in [-0.05, 0) is 37.9 Å². The third-order valence-electron chi connectivity index (χ3n) is 3.36. The second-order valence-corrected chi connectivity index (χ2v) is 5.39. The fourth-order valence-electron chi connectivity index (χ4n) is 2.50. The molecule has 0 aromatic carbocycles. The molecule has 17 heavy (non-hydrogen) atoms. The maximum Gasteiger partial charge on any atom is 0.117 e. The Kier molecular flexibility index (Phi) is 5.22. The van der Waals surface area contributed by atoms with Gasteiger partial charge in [0, 0.05) is 12.1 Å². The first-order valence-electron chi connectivity index (χ1n) is 6.49. The van der Waals surface area contributed by atoms with Gasteiger partial charge in [0.25, 0.3) is 0 Å². The zero-order chi connectivity index (χ0) is 12.9. The van der Waals surface area contributed by atoms with Crippen molar-refractivity contribution in [3.63, 3.8) is 0 Å². The molecule has 2 N–H and O–H groups in total. The molecule has 0 bridgehead atoms. The topological polar surface area (TPSA) is 42.4 Å². The zero-order valence-electron chi connectivity index (χ0n) is 11.6. The highest BCUT2D eigenvalue weighted by Gasteiger charge is 2.30. The van der Waals surface area contributed by atoms with E-state index in [2.05, 4.69) is 32.6 Å². The molecule has 0 saturated heterocycles. The van der Waals surface area contributed by atoms with Crippen molar-refractivity contribution < 1.29 is 4.42 Å². The molecule has 1 aromatic rings. The molecule has 1 atom stereocenters. The minimum atomic E-state index is 0.0513. The van der Waals surface area contributed by atoms with E-state index in [4.69, 9.17) is 10.2 Å². The molecule has 3 heteroatoms. The van der Waals surface area contributed by atoms with Crippen LogP contribution in [0.3, 0.4) is 0 Å². The summed E-state index contributed by atoms with van der Waals surface area (Å²) in [5.41, 5.74) is 6.04. The van der Waals surface area contributed by atoms with Crippen LogP contribution in [0.5, 0.6) is 0 Å². The smallest absolute Gasteiger partial charge is 0.117 e. The normalized spacial score (nSPS) is 15.5. The fourth-order valence-corrected chi connectivity index (χ4v) is 2.50. The fraction of sp³-hybridized carbons (Fsp3) is 0.714. The van der Waals surface area contributed by atoms with Crippen LogP contribution in [0.1, 0.15) is 39.9 Å². The van der Waals surface area contributed by atoms with Crippen LogP contribution in [-0.4, -0.2) is 23.5 Å². The first-order chi connectivity index (χ1) is 8.01. The van der Waals surface area contributed by atoms with Gasteiger partial charge < -0.3 is 10.2 Å². The van der Waals surface area contributed by atoms with Crippen molar-refractivity contribution in [2.45, 2.75) is 46.2 Å². The summed E-state index contributed by atoms with van der Waals surface area (Å²) in [6, 6.07) is 3.96. The highest BCUT2D eigenvalue weighted by atomic mass is 16.3. The molecule has 0 amide bonds. The average molecular weight is 238 g/mol. The summed E-state index contributed by atoms with van der Waals surface area (Å²) >= 11 is 0. The molecular weight excluding hydrogens is 212 g/mol. The van der Waals surface area contributed by atoms with Crippen LogP contribution in [0.2, 0.25) is 0 Å². The summed E-state index contributed by atoms with van der Waals surface area (Å²) in [6.45, 7) is 11.4. The van der Waals surface area contributed by atoms with Crippen LogP contribution in [0.25, 0.3) is 0 Å². The summed E-state index contributed by atoms with van der Waals surface area (Å²) in [5, 5.41) is 0. The standard InChI is InChI=1S/C14H26N2O/c1-5-16(10-13-7-6-8-17-13)14(4,11-15)9-12(2)3/h6-8,12H,5,9-11,15H2,1-4H3. The monoisotopic (exact) mass is 238 g/mol. The van der Waals surface area contributed by atoms with Crippen LogP contribution in [0.4, 0.5) is 0 Å². The van der Waals surface area contributed by atoms with E-state index in [-0.39, 0.29) is 5.54 Å². The summed E-state index contributed by atoms with van der Waals surface area (Å²) in [6.07, 6.45) is 2.84. The molecule has 0 spiro atoms. The lowest BCUT2D eigenvalue weighted by Crippen LogP contribution is -2.51. The van der Waals surface area contributed by atoms with Gasteiger partial charge in [0.15, 0.2) is 0 Å². The van der Waals surface area contributed by atoms with E-state index in [1.165, 1.54) is 0 Å². The van der Waals surface area contributed by atoms with Crippen molar-refractivity contribution in [2.24, 2.45) is 11.7 Å². The van der Waals surface area contributed by atoms with Crippen LogP contribution < -0.4 is 5.73 Å². The Labute approximate surface area is 105 Å². The molecule has 1 heterocycles. The van der Waals surface area contributed by atoms with Crippen molar-refractivity contribution >= 4 is 0 Å². The summed E-state index contributed by atoms with van der Waals surface area (Å²) in [5.74, 6) is 1.66. The van der Waals surface area contributed by atoms with Crippen molar-refractivity contribution in [3.05, 3.63) is 24.2 Å². The van der Waals surface area contributed by atoms with Crippen molar-refractivity contribution in [2.75, 3.05) is 13.1 Å². The second-order valence-electron chi connectivity index (χ2n) is 5.39. The predicted octanol–water partition coefficient (Wildman–Crippen LogP) is 2.87. The Morgan fingerprint density at radius 2 is 2.18 bits per heavy atom. The van der Waals surface area contributed by atoms with Crippen LogP contribution in [0.15, 0.2) is 22.8 Å². The number of nitrogens with zero attached hydrogens (tertiary/aromatic N) is 1. The minimum absolute atomic E-state index is 0.0513.